The van der Waals surface area contributed by atoms with E-state index >= 15 is 0 Å². The topological polar surface area (TPSA) is 87.2 Å². The Labute approximate surface area is 142 Å². The molecule has 0 spiro atoms. The van der Waals surface area contributed by atoms with E-state index in [4.69, 9.17) is 4.74 Å². The van der Waals surface area contributed by atoms with E-state index in [1.165, 1.54) is 0 Å². The molecule has 0 unspecified atom stereocenters. The molecule has 1 amide bonds. The highest BCUT2D eigenvalue weighted by Gasteiger charge is 2.20. The Morgan fingerprint density at radius 2 is 2.08 bits per heavy atom. The molecule has 0 aliphatic carbocycles. The van der Waals surface area contributed by atoms with Crippen LogP contribution in [0.3, 0.4) is 0 Å². The summed E-state index contributed by atoms with van der Waals surface area (Å²) in [6, 6.07) is 4.66. The van der Waals surface area contributed by atoms with Crippen LogP contribution in [0.25, 0.3) is 0 Å². The van der Waals surface area contributed by atoms with Gasteiger partial charge in [0.2, 0.25) is 5.91 Å². The van der Waals surface area contributed by atoms with Crippen LogP contribution < -0.4 is 10.1 Å². The summed E-state index contributed by atoms with van der Waals surface area (Å²) in [5.41, 5.74) is 3.62. The molecule has 1 aromatic carbocycles. The van der Waals surface area contributed by atoms with Gasteiger partial charge in [-0.1, -0.05) is 6.92 Å². The highest BCUT2D eigenvalue weighted by molar-refractivity contribution is 5.79. The number of hydrogen-bond acceptors (Lipinski definition) is 4. The van der Waals surface area contributed by atoms with Crippen LogP contribution in [0.15, 0.2) is 18.2 Å². The summed E-state index contributed by atoms with van der Waals surface area (Å²) in [4.78, 5) is 12.5. The molecule has 1 aromatic heterocycles. The predicted octanol–water partition coefficient (Wildman–Crippen LogP) is 2.80. The number of nitrogens with one attached hydrogen (secondary N) is 2. The van der Waals surface area contributed by atoms with Gasteiger partial charge in [0.05, 0.1) is 18.8 Å². The Bertz CT molecular complexity index is 705. The molecule has 0 saturated carbocycles. The highest BCUT2D eigenvalue weighted by Crippen LogP contribution is 2.28. The van der Waals surface area contributed by atoms with Crippen molar-refractivity contribution in [2.24, 2.45) is 5.92 Å². The molecule has 0 aliphatic heterocycles. The van der Waals surface area contributed by atoms with Crippen LogP contribution >= 0.6 is 0 Å². The predicted molar refractivity (Wildman–Crippen MR) is 92.1 cm³/mol. The van der Waals surface area contributed by atoms with Crippen molar-refractivity contribution in [3.8, 4) is 11.5 Å². The van der Waals surface area contributed by atoms with Crippen molar-refractivity contribution in [2.45, 2.75) is 40.2 Å². The lowest BCUT2D eigenvalue weighted by Gasteiger charge is -2.19. The summed E-state index contributed by atoms with van der Waals surface area (Å²) < 4.78 is 5.17. The number of hydrogen-bond donors (Lipinski definition) is 3. The molecule has 2 rings (SSSR count). The number of amides is 1. The number of carbonyl (C=O) groups is 1. The number of ether oxygens (including phenoxy) is 1. The Kier molecular flexibility index (Phi) is 5.49. The molecule has 6 heteroatoms. The van der Waals surface area contributed by atoms with Gasteiger partial charge in [-0.2, -0.15) is 5.10 Å². The van der Waals surface area contributed by atoms with Crippen LogP contribution in [0, 0.1) is 19.8 Å². The van der Waals surface area contributed by atoms with Crippen molar-refractivity contribution in [3.63, 3.8) is 0 Å². The monoisotopic (exact) mass is 331 g/mol. The Hall–Kier alpha value is -2.50. The smallest absolute Gasteiger partial charge is 0.223 e. The number of nitrogens with zero attached hydrogens (tertiary/aromatic N) is 1. The maximum atomic E-state index is 12.5. The SMILES string of the molecule is COc1ccc(O)c([C@H](C)NC(=O)[C@H](C)Cc2c(C)n[nH]c2C)c1. The van der Waals surface area contributed by atoms with Crippen LogP contribution in [-0.2, 0) is 11.2 Å². The van der Waals surface area contributed by atoms with Crippen molar-refractivity contribution in [3.05, 3.63) is 40.7 Å². The Balaban J connectivity index is 2.06. The van der Waals surface area contributed by atoms with Gasteiger partial charge in [-0.3, -0.25) is 9.89 Å². The van der Waals surface area contributed by atoms with Gasteiger partial charge in [0, 0.05) is 17.2 Å². The van der Waals surface area contributed by atoms with E-state index in [2.05, 4.69) is 15.5 Å². The van der Waals surface area contributed by atoms with Crippen molar-refractivity contribution < 1.29 is 14.6 Å². The molecular weight excluding hydrogens is 306 g/mol. The van der Waals surface area contributed by atoms with Gasteiger partial charge < -0.3 is 15.2 Å². The highest BCUT2D eigenvalue weighted by atomic mass is 16.5. The Morgan fingerprint density at radius 1 is 1.38 bits per heavy atom. The maximum Gasteiger partial charge on any atom is 0.223 e. The van der Waals surface area contributed by atoms with Crippen LogP contribution in [0.2, 0.25) is 0 Å². The lowest BCUT2D eigenvalue weighted by atomic mass is 9.98. The average molecular weight is 331 g/mol. The third kappa shape index (κ3) is 3.88. The fourth-order valence-electron chi connectivity index (χ4n) is 2.71. The number of aryl methyl sites for hydroxylation is 2. The number of carbonyl (C=O) groups excluding carboxylic acids is 1. The number of benzene rings is 1. The van der Waals surface area contributed by atoms with E-state index in [1.54, 1.807) is 25.3 Å². The maximum absolute atomic E-state index is 12.5. The summed E-state index contributed by atoms with van der Waals surface area (Å²) in [5, 5.41) is 20.1. The molecule has 2 aromatic rings. The van der Waals surface area contributed by atoms with Crippen LogP contribution in [0.1, 0.15) is 42.4 Å². The average Bonchev–Trinajstić information content (AvgIpc) is 2.87. The quantitative estimate of drug-likeness (QED) is 0.759. The zero-order chi connectivity index (χ0) is 17.9. The molecule has 0 fully saturated rings. The molecule has 0 saturated heterocycles. The van der Waals surface area contributed by atoms with Gasteiger partial charge >= 0.3 is 0 Å². The minimum Gasteiger partial charge on any atom is -0.508 e. The number of H-pyrrole nitrogens is 1. The number of aromatic amines is 1. The second-order valence-corrected chi connectivity index (χ2v) is 6.17. The van der Waals surface area contributed by atoms with Crippen LogP contribution in [0.4, 0.5) is 0 Å². The molecule has 6 nitrogen and oxygen atoms in total. The van der Waals surface area contributed by atoms with E-state index < -0.39 is 0 Å². The molecular formula is C18H25N3O3. The fourth-order valence-corrected chi connectivity index (χ4v) is 2.71. The third-order valence-electron chi connectivity index (χ3n) is 4.30. The minimum absolute atomic E-state index is 0.0651. The van der Waals surface area contributed by atoms with Gasteiger partial charge in [0.15, 0.2) is 0 Å². The number of aromatic hydroxyl groups is 1. The first-order valence-corrected chi connectivity index (χ1v) is 8.01. The lowest BCUT2D eigenvalue weighted by molar-refractivity contribution is -0.125. The van der Waals surface area contributed by atoms with Gasteiger partial charge in [-0.05, 0) is 51.0 Å². The molecule has 3 N–H and O–H groups in total. The summed E-state index contributed by atoms with van der Waals surface area (Å²) in [7, 11) is 1.57. The summed E-state index contributed by atoms with van der Waals surface area (Å²) >= 11 is 0. The zero-order valence-electron chi connectivity index (χ0n) is 14.8. The first-order chi connectivity index (χ1) is 11.3. The van der Waals surface area contributed by atoms with Crippen molar-refractivity contribution in [1.82, 2.24) is 15.5 Å². The van der Waals surface area contributed by atoms with Gasteiger partial charge in [-0.15, -0.1) is 0 Å². The Morgan fingerprint density at radius 3 is 2.67 bits per heavy atom. The minimum atomic E-state index is -0.318. The molecule has 0 radical (unpaired) electrons. The lowest BCUT2D eigenvalue weighted by Crippen LogP contribution is -2.32. The number of phenols is 1. The third-order valence-corrected chi connectivity index (χ3v) is 4.30. The van der Waals surface area contributed by atoms with E-state index in [0.29, 0.717) is 17.7 Å². The molecule has 2 atom stereocenters. The van der Waals surface area contributed by atoms with E-state index in [-0.39, 0.29) is 23.6 Å². The van der Waals surface area contributed by atoms with Crippen molar-refractivity contribution in [2.75, 3.05) is 7.11 Å². The second-order valence-electron chi connectivity index (χ2n) is 6.17. The van der Waals surface area contributed by atoms with Crippen molar-refractivity contribution >= 4 is 5.91 Å². The van der Waals surface area contributed by atoms with E-state index in [0.717, 1.165) is 17.0 Å². The summed E-state index contributed by atoms with van der Waals surface area (Å²) in [5.74, 6) is 0.513. The van der Waals surface area contributed by atoms with Crippen molar-refractivity contribution in [1.29, 1.82) is 0 Å². The number of rotatable bonds is 6. The normalized spacial score (nSPS) is 13.4. The molecule has 1 heterocycles. The molecule has 130 valence electrons. The summed E-state index contributed by atoms with van der Waals surface area (Å²) in [6.45, 7) is 7.62. The van der Waals surface area contributed by atoms with Gasteiger partial charge in [0.25, 0.3) is 0 Å². The van der Waals surface area contributed by atoms with Gasteiger partial charge in [0.1, 0.15) is 11.5 Å². The van der Waals surface area contributed by atoms with E-state index in [9.17, 15) is 9.90 Å². The number of aromatic nitrogens is 2. The molecule has 24 heavy (non-hydrogen) atoms. The fraction of sp³-hybridized carbons (Fsp3) is 0.444. The second kappa shape index (κ2) is 7.38. The standard InChI is InChI=1S/C18H25N3O3/c1-10(8-15-12(3)20-21-13(15)4)18(23)19-11(2)16-9-14(24-5)6-7-17(16)22/h6-7,9-11,22H,8H2,1-5H3,(H,19,23)(H,20,21)/t10-,11+/m1/s1. The van der Waals surface area contributed by atoms with Crippen LogP contribution in [-0.4, -0.2) is 28.3 Å². The van der Waals surface area contributed by atoms with Crippen LogP contribution in [0.5, 0.6) is 11.5 Å². The number of phenolic OH excluding ortho intramolecular Hbond substituents is 1. The molecule has 0 bridgehead atoms. The first kappa shape index (κ1) is 17.8. The first-order valence-electron chi connectivity index (χ1n) is 8.01. The number of methoxy groups -OCH3 is 1. The largest absolute Gasteiger partial charge is 0.508 e. The van der Waals surface area contributed by atoms with E-state index in [1.807, 2.05) is 27.7 Å². The molecule has 0 aliphatic rings. The zero-order valence-corrected chi connectivity index (χ0v) is 14.8. The van der Waals surface area contributed by atoms with Gasteiger partial charge in [-0.25, -0.2) is 0 Å². The summed E-state index contributed by atoms with van der Waals surface area (Å²) in [6.07, 6.45) is 0.622.